The van der Waals surface area contributed by atoms with Gasteiger partial charge in [-0.05, 0) is 31.4 Å². The first-order valence-corrected chi connectivity index (χ1v) is 7.59. The monoisotopic (exact) mass is 418 g/mol. The molecule has 1 heterocycles. The molecule has 0 bridgehead atoms. The van der Waals surface area contributed by atoms with E-state index in [0.717, 1.165) is 13.1 Å². The Balaban J connectivity index is 0.00000242. The van der Waals surface area contributed by atoms with E-state index in [1.807, 2.05) is 6.92 Å². The number of ether oxygens (including phenoxy) is 1. The smallest absolute Gasteiger partial charge is 0.189 e. The van der Waals surface area contributed by atoms with E-state index in [4.69, 9.17) is 10.5 Å². The fourth-order valence-corrected chi connectivity index (χ4v) is 2.67. The van der Waals surface area contributed by atoms with Gasteiger partial charge in [-0.2, -0.15) is 0 Å². The first kappa shape index (κ1) is 19.0. The molecule has 0 spiro atoms. The van der Waals surface area contributed by atoms with Gasteiger partial charge in [0.05, 0.1) is 13.2 Å². The average molecular weight is 418 g/mol. The van der Waals surface area contributed by atoms with E-state index in [1.165, 1.54) is 24.1 Å². The lowest BCUT2D eigenvalue weighted by atomic mass is 10.1. The number of anilines is 1. The van der Waals surface area contributed by atoms with Crippen LogP contribution in [-0.2, 0) is 11.3 Å². The zero-order valence-electron chi connectivity index (χ0n) is 13.4. The van der Waals surface area contributed by atoms with Crippen LogP contribution in [-0.4, -0.2) is 38.8 Å². The normalized spacial score (nSPS) is 16.3. The summed E-state index contributed by atoms with van der Waals surface area (Å²) in [5.74, 6) is 0.468. The highest BCUT2D eigenvalue weighted by Crippen LogP contribution is 2.24. The zero-order valence-corrected chi connectivity index (χ0v) is 15.7. The Hall–Kier alpha value is -1.02. The quantitative estimate of drug-likeness (QED) is 0.423. The Kier molecular flexibility index (Phi) is 8.55. The number of para-hydroxylation sites is 1. The second-order valence-electron chi connectivity index (χ2n) is 5.53. The van der Waals surface area contributed by atoms with Crippen molar-refractivity contribution in [1.82, 2.24) is 5.32 Å². The predicted octanol–water partition coefficient (Wildman–Crippen LogP) is 2.34. The number of guanidine groups is 1. The van der Waals surface area contributed by atoms with Crippen LogP contribution in [0, 0.1) is 0 Å². The second kappa shape index (κ2) is 9.89. The number of hydrogen-bond donors (Lipinski definition) is 2. The van der Waals surface area contributed by atoms with Crippen LogP contribution in [0.5, 0.6) is 0 Å². The van der Waals surface area contributed by atoms with Crippen molar-refractivity contribution in [3.63, 3.8) is 0 Å². The molecule has 2 rings (SSSR count). The molecule has 1 unspecified atom stereocenters. The van der Waals surface area contributed by atoms with Crippen LogP contribution >= 0.6 is 24.0 Å². The molecule has 1 fully saturated rings. The zero-order chi connectivity index (χ0) is 15.1. The minimum absolute atomic E-state index is 0. The lowest BCUT2D eigenvalue weighted by Gasteiger charge is -2.21. The maximum Gasteiger partial charge on any atom is 0.189 e. The molecule has 1 saturated heterocycles. The summed E-state index contributed by atoms with van der Waals surface area (Å²) in [6.45, 7) is 5.51. The van der Waals surface area contributed by atoms with Gasteiger partial charge in [-0.15, -0.1) is 24.0 Å². The lowest BCUT2D eigenvalue weighted by molar-refractivity contribution is 0.179. The van der Waals surface area contributed by atoms with Gasteiger partial charge >= 0.3 is 0 Å². The predicted molar refractivity (Wildman–Crippen MR) is 103 cm³/mol. The van der Waals surface area contributed by atoms with Crippen molar-refractivity contribution in [2.75, 3.05) is 31.7 Å². The molecular formula is C16H27IN4O. The summed E-state index contributed by atoms with van der Waals surface area (Å²) in [6, 6.07) is 8.61. The third kappa shape index (κ3) is 5.64. The Bertz CT molecular complexity index is 475. The topological polar surface area (TPSA) is 62.9 Å². The molecule has 5 nitrogen and oxygen atoms in total. The van der Waals surface area contributed by atoms with Gasteiger partial charge in [-0.1, -0.05) is 18.2 Å². The van der Waals surface area contributed by atoms with Gasteiger partial charge in [-0.3, -0.25) is 0 Å². The van der Waals surface area contributed by atoms with Crippen LogP contribution in [0.3, 0.4) is 0 Å². The number of benzene rings is 1. The molecular weight excluding hydrogens is 391 g/mol. The van der Waals surface area contributed by atoms with Crippen LogP contribution in [0.25, 0.3) is 0 Å². The number of halogens is 1. The molecule has 124 valence electrons. The van der Waals surface area contributed by atoms with Crippen LogP contribution < -0.4 is 16.0 Å². The molecule has 0 aromatic heterocycles. The van der Waals surface area contributed by atoms with E-state index < -0.39 is 0 Å². The number of nitrogens with one attached hydrogen (secondary N) is 1. The third-order valence-electron chi connectivity index (χ3n) is 3.67. The van der Waals surface area contributed by atoms with Gasteiger partial charge in [0.2, 0.25) is 0 Å². The third-order valence-corrected chi connectivity index (χ3v) is 3.67. The number of nitrogens with zero attached hydrogens (tertiary/aromatic N) is 2. The molecule has 6 heteroatoms. The fraction of sp³-hybridized carbons (Fsp3) is 0.562. The minimum atomic E-state index is 0. The van der Waals surface area contributed by atoms with Crippen molar-refractivity contribution in [3.8, 4) is 0 Å². The second-order valence-corrected chi connectivity index (χ2v) is 5.53. The van der Waals surface area contributed by atoms with Gasteiger partial charge in [-0.25, -0.2) is 4.99 Å². The number of methoxy groups -OCH3 is 1. The maximum absolute atomic E-state index is 5.93. The summed E-state index contributed by atoms with van der Waals surface area (Å²) in [5.41, 5.74) is 8.44. The first-order valence-electron chi connectivity index (χ1n) is 7.59. The fourth-order valence-electron chi connectivity index (χ4n) is 2.67. The lowest BCUT2D eigenvalue weighted by Crippen LogP contribution is -2.40. The largest absolute Gasteiger partial charge is 0.383 e. The first-order chi connectivity index (χ1) is 10.2. The summed E-state index contributed by atoms with van der Waals surface area (Å²) in [4.78, 5) is 6.88. The van der Waals surface area contributed by atoms with Gasteiger partial charge in [0, 0.05) is 31.9 Å². The van der Waals surface area contributed by atoms with Crippen LogP contribution in [0.4, 0.5) is 5.69 Å². The van der Waals surface area contributed by atoms with Crippen molar-refractivity contribution in [2.24, 2.45) is 10.7 Å². The molecule has 1 aliphatic rings. The number of aliphatic imine (C=N–C) groups is 1. The number of hydrogen-bond acceptors (Lipinski definition) is 3. The van der Waals surface area contributed by atoms with E-state index in [1.54, 1.807) is 7.11 Å². The molecule has 1 atom stereocenters. The summed E-state index contributed by atoms with van der Waals surface area (Å²) >= 11 is 0. The summed E-state index contributed by atoms with van der Waals surface area (Å²) < 4.78 is 5.07. The highest BCUT2D eigenvalue weighted by molar-refractivity contribution is 14.0. The molecule has 1 aliphatic heterocycles. The van der Waals surface area contributed by atoms with E-state index in [2.05, 4.69) is 39.5 Å². The standard InChI is InChI=1S/C16H26N4O.HI/c1-13(12-21-2)19-16(17)18-11-14-7-3-4-8-15(14)20-9-5-6-10-20;/h3-4,7-8,13H,5-6,9-12H2,1-2H3,(H3,17,18,19);1H. The Labute approximate surface area is 150 Å². The van der Waals surface area contributed by atoms with Crippen LogP contribution in [0.2, 0.25) is 0 Å². The van der Waals surface area contributed by atoms with E-state index >= 15 is 0 Å². The molecule has 0 aliphatic carbocycles. The number of nitrogens with two attached hydrogens (primary N) is 1. The minimum Gasteiger partial charge on any atom is -0.383 e. The Morgan fingerprint density at radius 2 is 2.05 bits per heavy atom. The highest BCUT2D eigenvalue weighted by Gasteiger charge is 2.14. The Morgan fingerprint density at radius 1 is 1.36 bits per heavy atom. The maximum atomic E-state index is 5.93. The molecule has 1 aromatic rings. The molecule has 0 saturated carbocycles. The van der Waals surface area contributed by atoms with Gasteiger partial charge in [0.15, 0.2) is 5.96 Å². The van der Waals surface area contributed by atoms with Crippen molar-refractivity contribution < 1.29 is 4.74 Å². The van der Waals surface area contributed by atoms with Crippen molar-refractivity contribution >= 4 is 35.6 Å². The highest BCUT2D eigenvalue weighted by atomic mass is 127. The molecule has 22 heavy (non-hydrogen) atoms. The van der Waals surface area contributed by atoms with Gasteiger partial charge < -0.3 is 20.7 Å². The van der Waals surface area contributed by atoms with Crippen molar-refractivity contribution in [1.29, 1.82) is 0 Å². The van der Waals surface area contributed by atoms with Crippen molar-refractivity contribution in [2.45, 2.75) is 32.4 Å². The molecule has 0 radical (unpaired) electrons. The van der Waals surface area contributed by atoms with Gasteiger partial charge in [0.25, 0.3) is 0 Å². The van der Waals surface area contributed by atoms with Crippen molar-refractivity contribution in [3.05, 3.63) is 29.8 Å². The summed E-state index contributed by atoms with van der Waals surface area (Å²) in [6.07, 6.45) is 2.55. The molecule has 3 N–H and O–H groups in total. The average Bonchev–Trinajstić information content (AvgIpc) is 2.99. The summed E-state index contributed by atoms with van der Waals surface area (Å²) in [5, 5.41) is 3.13. The van der Waals surface area contributed by atoms with E-state index in [0.29, 0.717) is 19.1 Å². The molecule has 0 amide bonds. The van der Waals surface area contributed by atoms with Gasteiger partial charge in [0.1, 0.15) is 0 Å². The van der Waals surface area contributed by atoms with E-state index in [9.17, 15) is 0 Å². The Morgan fingerprint density at radius 3 is 2.73 bits per heavy atom. The number of rotatable bonds is 6. The van der Waals surface area contributed by atoms with Crippen LogP contribution in [0.15, 0.2) is 29.3 Å². The summed E-state index contributed by atoms with van der Waals surface area (Å²) in [7, 11) is 1.68. The molecule has 1 aromatic carbocycles. The SMILES string of the molecule is COCC(C)NC(N)=NCc1ccccc1N1CCCC1.I. The van der Waals surface area contributed by atoms with E-state index in [-0.39, 0.29) is 30.0 Å². The van der Waals surface area contributed by atoms with Crippen LogP contribution in [0.1, 0.15) is 25.3 Å².